The van der Waals surface area contributed by atoms with Gasteiger partial charge in [0.2, 0.25) is 0 Å². The summed E-state index contributed by atoms with van der Waals surface area (Å²) in [6, 6.07) is 0. The van der Waals surface area contributed by atoms with E-state index in [-0.39, 0.29) is 0 Å². The summed E-state index contributed by atoms with van der Waals surface area (Å²) < 4.78 is 10.5. The maximum absolute atomic E-state index is 5.27. The van der Waals surface area contributed by atoms with E-state index in [9.17, 15) is 0 Å². The van der Waals surface area contributed by atoms with Crippen LogP contribution in [0.25, 0.3) is 0 Å². The minimum atomic E-state index is 0.397. The molecule has 1 aliphatic carbocycles. The fourth-order valence-electron chi connectivity index (χ4n) is 1.46. The first kappa shape index (κ1) is 6.53. The van der Waals surface area contributed by atoms with Gasteiger partial charge >= 0.3 is 0 Å². The molecule has 2 aliphatic rings. The van der Waals surface area contributed by atoms with Crippen molar-refractivity contribution in [2.75, 3.05) is 0 Å². The molecule has 0 atom stereocenters. The van der Waals surface area contributed by atoms with E-state index in [4.69, 9.17) is 9.47 Å². The molecule has 0 aromatic rings. The molecule has 0 saturated carbocycles. The molecule has 0 spiro atoms. The summed E-state index contributed by atoms with van der Waals surface area (Å²) in [4.78, 5) is 0. The Labute approximate surface area is 65.8 Å². The average Bonchev–Trinajstić information content (AvgIpc) is 2.38. The molecule has 0 N–H and O–H groups in total. The predicted octanol–water partition coefficient (Wildman–Crippen LogP) is 2.46. The molecule has 1 heterocycles. The number of fused-ring (bicyclic) bond motifs is 1. The molecule has 1 aliphatic heterocycles. The van der Waals surface area contributed by atoms with Crippen LogP contribution < -0.4 is 0 Å². The largest absolute Gasteiger partial charge is 0.422 e. The Morgan fingerprint density at radius 1 is 1.09 bits per heavy atom. The molecule has 0 aromatic carbocycles. The maximum atomic E-state index is 5.27. The summed E-state index contributed by atoms with van der Waals surface area (Å²) in [5.41, 5.74) is 2.47. The second-order valence-electron chi connectivity index (χ2n) is 2.97. The predicted molar refractivity (Wildman–Crippen MR) is 41.3 cm³/mol. The standard InChI is InChI=1S/C9H10O2/c1-5-4-6(2)9-8(5)10-7(3)11-9/h3-4H2,1-2H3. The maximum Gasteiger partial charge on any atom is 0.282 e. The number of ether oxygens (including phenoxy) is 2. The highest BCUT2D eigenvalue weighted by Gasteiger charge is 2.30. The van der Waals surface area contributed by atoms with Crippen LogP contribution in [0.1, 0.15) is 20.3 Å². The van der Waals surface area contributed by atoms with E-state index >= 15 is 0 Å². The van der Waals surface area contributed by atoms with E-state index in [2.05, 4.69) is 6.58 Å². The molecule has 11 heavy (non-hydrogen) atoms. The van der Waals surface area contributed by atoms with Gasteiger partial charge in [0.1, 0.15) is 0 Å². The highest BCUT2D eigenvalue weighted by atomic mass is 16.7. The highest BCUT2D eigenvalue weighted by Crippen LogP contribution is 2.40. The summed E-state index contributed by atoms with van der Waals surface area (Å²) in [6.45, 7) is 7.69. The normalized spacial score (nSPS) is 22.2. The quantitative estimate of drug-likeness (QED) is 0.528. The molecule has 1 saturated heterocycles. The zero-order chi connectivity index (χ0) is 8.01. The van der Waals surface area contributed by atoms with Crippen molar-refractivity contribution in [1.82, 2.24) is 0 Å². The van der Waals surface area contributed by atoms with Gasteiger partial charge in [-0.3, -0.25) is 0 Å². The van der Waals surface area contributed by atoms with Crippen LogP contribution in [0.3, 0.4) is 0 Å². The van der Waals surface area contributed by atoms with Gasteiger partial charge in [0.05, 0.1) is 0 Å². The van der Waals surface area contributed by atoms with Gasteiger partial charge in [0.25, 0.3) is 5.95 Å². The number of allylic oxidation sites excluding steroid dienone is 2. The van der Waals surface area contributed by atoms with Crippen molar-refractivity contribution < 1.29 is 9.47 Å². The van der Waals surface area contributed by atoms with Crippen LogP contribution in [-0.4, -0.2) is 0 Å². The summed E-state index contributed by atoms with van der Waals surface area (Å²) in [5, 5.41) is 0. The molecular formula is C9H10O2. The third-order valence-corrected chi connectivity index (χ3v) is 1.94. The van der Waals surface area contributed by atoms with E-state index in [0.717, 1.165) is 17.9 Å². The third kappa shape index (κ3) is 0.788. The van der Waals surface area contributed by atoms with Crippen LogP contribution in [0.2, 0.25) is 0 Å². The average molecular weight is 150 g/mol. The smallest absolute Gasteiger partial charge is 0.282 e. The molecule has 0 amide bonds. The topological polar surface area (TPSA) is 18.5 Å². The summed E-state index contributed by atoms with van der Waals surface area (Å²) in [5.74, 6) is 2.16. The molecule has 1 fully saturated rings. The third-order valence-electron chi connectivity index (χ3n) is 1.94. The second-order valence-corrected chi connectivity index (χ2v) is 2.97. The lowest BCUT2D eigenvalue weighted by molar-refractivity contribution is 0.206. The van der Waals surface area contributed by atoms with Crippen LogP contribution in [0, 0.1) is 0 Å². The fourth-order valence-corrected chi connectivity index (χ4v) is 1.46. The van der Waals surface area contributed by atoms with Gasteiger partial charge in [-0.05, 0) is 38.0 Å². The van der Waals surface area contributed by atoms with Crippen molar-refractivity contribution in [3.63, 3.8) is 0 Å². The van der Waals surface area contributed by atoms with Crippen molar-refractivity contribution in [2.45, 2.75) is 20.3 Å². The lowest BCUT2D eigenvalue weighted by Gasteiger charge is -1.96. The summed E-state index contributed by atoms with van der Waals surface area (Å²) in [7, 11) is 0. The van der Waals surface area contributed by atoms with E-state index in [1.807, 2.05) is 13.8 Å². The van der Waals surface area contributed by atoms with E-state index in [0.29, 0.717) is 5.95 Å². The van der Waals surface area contributed by atoms with Gasteiger partial charge in [-0.25, -0.2) is 0 Å². The Morgan fingerprint density at radius 3 is 2.00 bits per heavy atom. The van der Waals surface area contributed by atoms with Gasteiger partial charge < -0.3 is 9.47 Å². The Morgan fingerprint density at radius 2 is 1.55 bits per heavy atom. The monoisotopic (exact) mass is 150 g/mol. The van der Waals surface area contributed by atoms with Crippen LogP contribution >= 0.6 is 0 Å². The van der Waals surface area contributed by atoms with Gasteiger partial charge in [-0.15, -0.1) is 0 Å². The van der Waals surface area contributed by atoms with Crippen LogP contribution in [0.15, 0.2) is 35.2 Å². The van der Waals surface area contributed by atoms with Crippen molar-refractivity contribution in [1.29, 1.82) is 0 Å². The lowest BCUT2D eigenvalue weighted by atomic mass is 10.2. The van der Waals surface area contributed by atoms with Gasteiger partial charge in [0, 0.05) is 0 Å². The Balaban J connectivity index is 2.47. The molecule has 2 heteroatoms. The molecule has 0 unspecified atom stereocenters. The van der Waals surface area contributed by atoms with Crippen LogP contribution in [-0.2, 0) is 9.47 Å². The number of rotatable bonds is 0. The van der Waals surface area contributed by atoms with Crippen LogP contribution in [0.4, 0.5) is 0 Å². The first-order chi connectivity index (χ1) is 5.18. The van der Waals surface area contributed by atoms with E-state index in [1.165, 1.54) is 11.1 Å². The zero-order valence-corrected chi connectivity index (χ0v) is 6.73. The van der Waals surface area contributed by atoms with Gasteiger partial charge in [-0.2, -0.15) is 0 Å². The Hall–Kier alpha value is -1.18. The second kappa shape index (κ2) is 1.91. The molecule has 2 rings (SSSR count). The molecule has 2 nitrogen and oxygen atoms in total. The van der Waals surface area contributed by atoms with Gasteiger partial charge in [0.15, 0.2) is 11.5 Å². The molecule has 0 radical (unpaired) electrons. The molecule has 0 bridgehead atoms. The van der Waals surface area contributed by atoms with Crippen molar-refractivity contribution in [2.24, 2.45) is 0 Å². The minimum Gasteiger partial charge on any atom is -0.422 e. The fraction of sp³-hybridized carbons (Fsp3) is 0.333. The van der Waals surface area contributed by atoms with Crippen LogP contribution in [0.5, 0.6) is 0 Å². The molecular weight excluding hydrogens is 140 g/mol. The summed E-state index contributed by atoms with van der Waals surface area (Å²) in [6.07, 6.45) is 0.970. The highest BCUT2D eigenvalue weighted by molar-refractivity contribution is 5.42. The van der Waals surface area contributed by atoms with Gasteiger partial charge in [-0.1, -0.05) is 0 Å². The molecule has 58 valence electrons. The van der Waals surface area contributed by atoms with E-state index in [1.54, 1.807) is 0 Å². The van der Waals surface area contributed by atoms with Crippen molar-refractivity contribution in [3.05, 3.63) is 35.2 Å². The first-order valence-electron chi connectivity index (χ1n) is 3.63. The van der Waals surface area contributed by atoms with Crippen molar-refractivity contribution >= 4 is 0 Å². The Kier molecular flexibility index (Phi) is 1.13. The Bertz CT molecular complexity index is 267. The number of hydrogen-bond acceptors (Lipinski definition) is 2. The molecule has 0 aromatic heterocycles. The minimum absolute atomic E-state index is 0.397. The zero-order valence-electron chi connectivity index (χ0n) is 6.73. The van der Waals surface area contributed by atoms with E-state index < -0.39 is 0 Å². The SMILES string of the molecule is C=C1OC2=C(C)CC(C)=C2O1. The van der Waals surface area contributed by atoms with Crippen molar-refractivity contribution in [3.8, 4) is 0 Å². The number of hydrogen-bond donors (Lipinski definition) is 0. The lowest BCUT2D eigenvalue weighted by Crippen LogP contribution is -1.80. The summed E-state index contributed by atoms with van der Waals surface area (Å²) >= 11 is 0. The first-order valence-corrected chi connectivity index (χ1v) is 3.63.